The Morgan fingerprint density at radius 1 is 1.24 bits per heavy atom. The van der Waals surface area contributed by atoms with Gasteiger partial charge in [0.1, 0.15) is 5.82 Å². The van der Waals surface area contributed by atoms with E-state index in [0.717, 1.165) is 18.5 Å². The van der Waals surface area contributed by atoms with E-state index < -0.39 is 0 Å². The van der Waals surface area contributed by atoms with E-state index in [4.69, 9.17) is 4.74 Å². The van der Waals surface area contributed by atoms with Crippen LogP contribution in [0, 0.1) is 12.7 Å². The molecule has 1 amide bonds. The van der Waals surface area contributed by atoms with Gasteiger partial charge in [-0.1, -0.05) is 12.1 Å². The van der Waals surface area contributed by atoms with Crippen molar-refractivity contribution in [3.05, 3.63) is 57.5 Å². The van der Waals surface area contributed by atoms with Crippen LogP contribution in [0.2, 0.25) is 0 Å². The molecule has 25 heavy (non-hydrogen) atoms. The maximum Gasteiger partial charge on any atom is 0.237 e. The lowest BCUT2D eigenvalue weighted by Crippen LogP contribution is -2.37. The number of nitrogens with zero attached hydrogens (tertiary/aromatic N) is 1. The lowest BCUT2D eigenvalue weighted by atomic mass is 10.2. The molecule has 0 spiro atoms. The lowest BCUT2D eigenvalue weighted by Gasteiger charge is -2.23. The van der Waals surface area contributed by atoms with Gasteiger partial charge >= 0.3 is 0 Å². The molecular formula is C19H25FN2O2S. The molecule has 0 aliphatic heterocycles. The summed E-state index contributed by atoms with van der Waals surface area (Å²) in [6.45, 7) is 4.79. The molecular weight excluding hydrogens is 339 g/mol. The van der Waals surface area contributed by atoms with Gasteiger partial charge in [0.25, 0.3) is 0 Å². The maximum absolute atomic E-state index is 13.1. The topological polar surface area (TPSA) is 41.6 Å². The highest BCUT2D eigenvalue weighted by molar-refractivity contribution is 7.10. The van der Waals surface area contributed by atoms with E-state index >= 15 is 0 Å². The standard InChI is InChI=1S/C19H25FN2O2S/c1-15-8-11-25-18(15)14-22(13-16-4-6-17(20)7-5-16)19(23)12-21-9-3-10-24-2/h4-8,11,21H,3,9-10,12-14H2,1-2H3. The smallest absolute Gasteiger partial charge is 0.237 e. The van der Waals surface area contributed by atoms with Gasteiger partial charge in [0, 0.05) is 25.1 Å². The van der Waals surface area contributed by atoms with E-state index in [9.17, 15) is 9.18 Å². The van der Waals surface area contributed by atoms with E-state index in [1.807, 2.05) is 10.3 Å². The summed E-state index contributed by atoms with van der Waals surface area (Å²) >= 11 is 1.65. The second-order valence-corrected chi connectivity index (χ2v) is 6.93. The fourth-order valence-electron chi connectivity index (χ4n) is 2.43. The Kier molecular flexibility index (Phi) is 8.04. The fourth-order valence-corrected chi connectivity index (χ4v) is 3.35. The predicted molar refractivity (Wildman–Crippen MR) is 99.1 cm³/mol. The van der Waals surface area contributed by atoms with Crippen LogP contribution in [0.3, 0.4) is 0 Å². The number of hydrogen-bond acceptors (Lipinski definition) is 4. The molecule has 2 aromatic rings. The highest BCUT2D eigenvalue weighted by atomic mass is 32.1. The minimum atomic E-state index is -0.268. The molecule has 136 valence electrons. The van der Waals surface area contributed by atoms with Crippen LogP contribution >= 0.6 is 11.3 Å². The van der Waals surface area contributed by atoms with Crippen molar-refractivity contribution in [1.29, 1.82) is 0 Å². The van der Waals surface area contributed by atoms with E-state index in [-0.39, 0.29) is 18.3 Å². The van der Waals surface area contributed by atoms with Gasteiger partial charge in [0.05, 0.1) is 13.1 Å². The molecule has 0 aliphatic carbocycles. The van der Waals surface area contributed by atoms with Crippen molar-refractivity contribution in [3.8, 4) is 0 Å². The molecule has 0 bridgehead atoms. The third kappa shape index (κ3) is 6.57. The highest BCUT2D eigenvalue weighted by Crippen LogP contribution is 2.19. The third-order valence-electron chi connectivity index (χ3n) is 3.92. The van der Waals surface area contributed by atoms with Gasteiger partial charge in [0.2, 0.25) is 5.91 Å². The Bertz CT molecular complexity index is 658. The van der Waals surface area contributed by atoms with Crippen molar-refractivity contribution in [1.82, 2.24) is 10.2 Å². The molecule has 0 aliphatic rings. The molecule has 0 radical (unpaired) electrons. The molecule has 1 N–H and O–H groups in total. The minimum Gasteiger partial charge on any atom is -0.385 e. The zero-order valence-electron chi connectivity index (χ0n) is 14.8. The largest absolute Gasteiger partial charge is 0.385 e. The van der Waals surface area contributed by atoms with Gasteiger partial charge in [0.15, 0.2) is 0 Å². The van der Waals surface area contributed by atoms with Gasteiger partial charge in [-0.15, -0.1) is 11.3 Å². The summed E-state index contributed by atoms with van der Waals surface area (Å²) in [5.74, 6) is -0.231. The Labute approximate surface area is 152 Å². The first-order valence-electron chi connectivity index (χ1n) is 8.35. The van der Waals surface area contributed by atoms with Gasteiger partial charge in [-0.2, -0.15) is 0 Å². The van der Waals surface area contributed by atoms with Gasteiger partial charge in [-0.05, 0) is 54.6 Å². The molecule has 0 fully saturated rings. The SMILES string of the molecule is COCCCNCC(=O)N(Cc1ccc(F)cc1)Cc1sccc1C. The van der Waals surface area contributed by atoms with Crippen LogP contribution < -0.4 is 5.32 Å². The monoisotopic (exact) mass is 364 g/mol. The Balaban J connectivity index is 1.99. The zero-order chi connectivity index (χ0) is 18.1. The van der Waals surface area contributed by atoms with E-state index in [0.29, 0.717) is 19.7 Å². The summed E-state index contributed by atoms with van der Waals surface area (Å²) in [6, 6.07) is 8.37. The Hall–Kier alpha value is -1.76. The van der Waals surface area contributed by atoms with Crippen molar-refractivity contribution in [2.45, 2.75) is 26.4 Å². The van der Waals surface area contributed by atoms with Crippen molar-refractivity contribution >= 4 is 17.2 Å². The second kappa shape index (κ2) is 10.3. The normalized spacial score (nSPS) is 10.8. The van der Waals surface area contributed by atoms with Gasteiger partial charge in [-0.25, -0.2) is 4.39 Å². The van der Waals surface area contributed by atoms with E-state index in [1.165, 1.54) is 22.6 Å². The molecule has 2 rings (SSSR count). The summed E-state index contributed by atoms with van der Waals surface area (Å²) in [5, 5.41) is 5.20. The van der Waals surface area contributed by atoms with Crippen LogP contribution in [0.25, 0.3) is 0 Å². The number of hydrogen-bond donors (Lipinski definition) is 1. The van der Waals surface area contributed by atoms with Crippen LogP contribution in [0.1, 0.15) is 22.4 Å². The molecule has 1 heterocycles. The molecule has 6 heteroatoms. The van der Waals surface area contributed by atoms with Crippen molar-refractivity contribution in [2.75, 3.05) is 26.8 Å². The van der Waals surface area contributed by atoms with E-state index in [1.54, 1.807) is 30.6 Å². The Morgan fingerprint density at radius 3 is 2.64 bits per heavy atom. The van der Waals surface area contributed by atoms with Crippen LogP contribution in [0.4, 0.5) is 4.39 Å². The van der Waals surface area contributed by atoms with Crippen molar-refractivity contribution in [3.63, 3.8) is 0 Å². The number of benzene rings is 1. The van der Waals surface area contributed by atoms with Gasteiger partial charge in [-0.3, -0.25) is 4.79 Å². The second-order valence-electron chi connectivity index (χ2n) is 5.93. The maximum atomic E-state index is 13.1. The molecule has 0 atom stereocenters. The average Bonchev–Trinajstić information content (AvgIpc) is 3.00. The van der Waals surface area contributed by atoms with Crippen LogP contribution in [-0.2, 0) is 22.6 Å². The fraction of sp³-hybridized carbons (Fsp3) is 0.421. The first-order chi connectivity index (χ1) is 12.1. The number of methoxy groups -OCH3 is 1. The summed E-state index contributed by atoms with van der Waals surface area (Å²) < 4.78 is 18.1. The number of ether oxygens (including phenoxy) is 1. The summed E-state index contributed by atoms with van der Waals surface area (Å²) in [6.07, 6.45) is 0.867. The number of thiophene rings is 1. The van der Waals surface area contributed by atoms with E-state index in [2.05, 4.69) is 18.3 Å². The third-order valence-corrected chi connectivity index (χ3v) is 4.93. The minimum absolute atomic E-state index is 0.0366. The number of nitrogens with one attached hydrogen (secondary N) is 1. The molecule has 0 saturated heterocycles. The van der Waals surface area contributed by atoms with Crippen LogP contribution in [-0.4, -0.2) is 37.6 Å². The number of carbonyl (C=O) groups is 1. The molecule has 1 aromatic heterocycles. The predicted octanol–water partition coefficient (Wildman–Crippen LogP) is 3.35. The molecule has 0 unspecified atom stereocenters. The highest BCUT2D eigenvalue weighted by Gasteiger charge is 2.16. The number of halogens is 1. The van der Waals surface area contributed by atoms with Crippen molar-refractivity contribution in [2.24, 2.45) is 0 Å². The van der Waals surface area contributed by atoms with Crippen LogP contribution in [0.5, 0.6) is 0 Å². The first-order valence-corrected chi connectivity index (χ1v) is 9.23. The van der Waals surface area contributed by atoms with Crippen molar-refractivity contribution < 1.29 is 13.9 Å². The summed E-state index contributed by atoms with van der Waals surface area (Å²) in [4.78, 5) is 15.6. The number of carbonyl (C=O) groups excluding carboxylic acids is 1. The zero-order valence-corrected chi connectivity index (χ0v) is 15.6. The number of amides is 1. The van der Waals surface area contributed by atoms with Crippen LogP contribution in [0.15, 0.2) is 35.7 Å². The van der Waals surface area contributed by atoms with Gasteiger partial charge < -0.3 is 15.0 Å². The summed E-state index contributed by atoms with van der Waals surface area (Å²) in [5.41, 5.74) is 2.11. The summed E-state index contributed by atoms with van der Waals surface area (Å²) in [7, 11) is 1.67. The molecule has 4 nitrogen and oxygen atoms in total. The molecule has 1 aromatic carbocycles. The number of rotatable bonds is 10. The average molecular weight is 364 g/mol. The Morgan fingerprint density at radius 2 is 2.00 bits per heavy atom. The first kappa shape index (κ1) is 19.6. The number of aryl methyl sites for hydroxylation is 1. The lowest BCUT2D eigenvalue weighted by molar-refractivity contribution is -0.131. The quantitative estimate of drug-likeness (QED) is 0.658. The molecule has 0 saturated carbocycles.